The lowest BCUT2D eigenvalue weighted by Crippen LogP contribution is -2.55. The Labute approximate surface area is 144 Å². The van der Waals surface area contributed by atoms with E-state index in [2.05, 4.69) is 17.0 Å². The van der Waals surface area contributed by atoms with Crippen LogP contribution in [0.2, 0.25) is 0 Å². The first-order chi connectivity index (χ1) is 11.7. The molecule has 2 aliphatic rings. The van der Waals surface area contributed by atoms with E-state index in [4.69, 9.17) is 0 Å². The number of nitrogens with zero attached hydrogens (tertiary/aromatic N) is 3. The fourth-order valence-electron chi connectivity index (χ4n) is 3.63. The molecule has 5 heteroatoms. The minimum absolute atomic E-state index is 0.0953. The van der Waals surface area contributed by atoms with E-state index in [-0.39, 0.29) is 17.9 Å². The van der Waals surface area contributed by atoms with Crippen molar-refractivity contribution in [2.24, 2.45) is 0 Å². The highest BCUT2D eigenvalue weighted by atomic mass is 16.2. The lowest BCUT2D eigenvalue weighted by molar-refractivity contribution is -0.145. The van der Waals surface area contributed by atoms with E-state index in [0.29, 0.717) is 6.42 Å². The molecule has 1 aromatic carbocycles. The van der Waals surface area contributed by atoms with Crippen LogP contribution in [-0.4, -0.2) is 60.4 Å². The molecule has 1 atom stereocenters. The van der Waals surface area contributed by atoms with Crippen LogP contribution in [0.4, 0.5) is 5.69 Å². The number of carbonyl (C=O) groups is 2. The molecule has 0 saturated carbocycles. The number of piperazine rings is 1. The summed E-state index contributed by atoms with van der Waals surface area (Å²) in [5, 5.41) is 0. The maximum absolute atomic E-state index is 12.8. The summed E-state index contributed by atoms with van der Waals surface area (Å²) in [4.78, 5) is 31.1. The molecule has 1 aromatic rings. The van der Waals surface area contributed by atoms with E-state index in [1.807, 2.05) is 30.0 Å². The third kappa shape index (κ3) is 3.71. The standard InChI is InChI=1S/C19H27N3O2/c1-16(22-11-7-3-6-10-18(22)23)19(24)21-14-12-20(13-15-21)17-8-4-2-5-9-17/h2,4-5,8-9,16H,3,6-7,10-15H2,1H3/t16-/m1/s1. The van der Waals surface area contributed by atoms with Gasteiger partial charge in [-0.05, 0) is 31.9 Å². The van der Waals surface area contributed by atoms with Crippen LogP contribution in [0, 0.1) is 0 Å². The van der Waals surface area contributed by atoms with E-state index in [0.717, 1.165) is 52.0 Å². The van der Waals surface area contributed by atoms with Crippen LogP contribution >= 0.6 is 0 Å². The maximum atomic E-state index is 12.8. The smallest absolute Gasteiger partial charge is 0.245 e. The van der Waals surface area contributed by atoms with Gasteiger partial charge in [0.05, 0.1) is 0 Å². The lowest BCUT2D eigenvalue weighted by atomic mass is 10.2. The minimum atomic E-state index is -0.334. The third-order valence-corrected chi connectivity index (χ3v) is 5.15. The zero-order valence-corrected chi connectivity index (χ0v) is 14.5. The Balaban J connectivity index is 1.57. The molecular formula is C19H27N3O2. The van der Waals surface area contributed by atoms with Gasteiger partial charge in [-0.2, -0.15) is 0 Å². The number of para-hydroxylation sites is 1. The predicted octanol–water partition coefficient (Wildman–Crippen LogP) is 2.13. The van der Waals surface area contributed by atoms with Gasteiger partial charge in [-0.1, -0.05) is 24.6 Å². The average molecular weight is 329 g/mol. The minimum Gasteiger partial charge on any atom is -0.368 e. The molecule has 0 spiro atoms. The molecule has 2 amide bonds. The van der Waals surface area contributed by atoms with Crippen molar-refractivity contribution in [3.05, 3.63) is 30.3 Å². The van der Waals surface area contributed by atoms with Gasteiger partial charge in [0.15, 0.2) is 0 Å². The Bertz CT molecular complexity index is 567. The topological polar surface area (TPSA) is 43.9 Å². The van der Waals surface area contributed by atoms with Crippen molar-refractivity contribution in [3.63, 3.8) is 0 Å². The highest BCUT2D eigenvalue weighted by Crippen LogP contribution is 2.18. The molecule has 0 aromatic heterocycles. The molecule has 130 valence electrons. The van der Waals surface area contributed by atoms with Gasteiger partial charge in [0.2, 0.25) is 11.8 Å². The summed E-state index contributed by atoms with van der Waals surface area (Å²) >= 11 is 0. The Morgan fingerprint density at radius 3 is 2.38 bits per heavy atom. The summed E-state index contributed by atoms with van der Waals surface area (Å²) in [7, 11) is 0. The second-order valence-electron chi connectivity index (χ2n) is 6.72. The molecule has 2 fully saturated rings. The summed E-state index contributed by atoms with van der Waals surface area (Å²) in [6.07, 6.45) is 3.62. The molecule has 0 radical (unpaired) electrons. The number of amides is 2. The Hall–Kier alpha value is -2.04. The van der Waals surface area contributed by atoms with Crippen molar-refractivity contribution in [3.8, 4) is 0 Å². The van der Waals surface area contributed by atoms with Crippen molar-refractivity contribution < 1.29 is 9.59 Å². The van der Waals surface area contributed by atoms with Gasteiger partial charge >= 0.3 is 0 Å². The van der Waals surface area contributed by atoms with Gasteiger partial charge in [0.1, 0.15) is 6.04 Å². The first-order valence-corrected chi connectivity index (χ1v) is 9.05. The Morgan fingerprint density at radius 1 is 0.958 bits per heavy atom. The molecule has 0 aliphatic carbocycles. The molecule has 2 aliphatic heterocycles. The SMILES string of the molecule is C[C@H](C(=O)N1CCN(c2ccccc2)CC1)N1CCCCCC1=O. The monoisotopic (exact) mass is 329 g/mol. The number of benzene rings is 1. The Kier molecular flexibility index (Phi) is 5.38. The van der Waals surface area contributed by atoms with Gasteiger partial charge in [-0.25, -0.2) is 0 Å². The van der Waals surface area contributed by atoms with E-state index in [1.54, 1.807) is 4.90 Å². The number of hydrogen-bond donors (Lipinski definition) is 0. The third-order valence-electron chi connectivity index (χ3n) is 5.15. The van der Waals surface area contributed by atoms with E-state index in [9.17, 15) is 9.59 Å². The van der Waals surface area contributed by atoms with Crippen LogP contribution in [0.3, 0.4) is 0 Å². The van der Waals surface area contributed by atoms with Crippen molar-refractivity contribution in [2.75, 3.05) is 37.6 Å². The summed E-state index contributed by atoms with van der Waals surface area (Å²) in [5.41, 5.74) is 1.21. The van der Waals surface area contributed by atoms with E-state index >= 15 is 0 Å². The van der Waals surface area contributed by atoms with Gasteiger partial charge in [-0.15, -0.1) is 0 Å². The number of hydrogen-bond acceptors (Lipinski definition) is 3. The second-order valence-corrected chi connectivity index (χ2v) is 6.72. The zero-order valence-electron chi connectivity index (χ0n) is 14.5. The van der Waals surface area contributed by atoms with Crippen LogP contribution in [0.1, 0.15) is 32.6 Å². The quantitative estimate of drug-likeness (QED) is 0.853. The molecule has 0 unspecified atom stereocenters. The van der Waals surface area contributed by atoms with Crippen molar-refractivity contribution >= 4 is 17.5 Å². The van der Waals surface area contributed by atoms with Crippen LogP contribution in [-0.2, 0) is 9.59 Å². The highest BCUT2D eigenvalue weighted by Gasteiger charge is 2.31. The number of anilines is 1. The summed E-state index contributed by atoms with van der Waals surface area (Å²) in [5.74, 6) is 0.231. The van der Waals surface area contributed by atoms with Gasteiger partial charge in [0.25, 0.3) is 0 Å². The molecule has 5 nitrogen and oxygen atoms in total. The fourth-order valence-corrected chi connectivity index (χ4v) is 3.63. The number of rotatable bonds is 3. The highest BCUT2D eigenvalue weighted by molar-refractivity contribution is 5.87. The Morgan fingerprint density at radius 2 is 1.67 bits per heavy atom. The predicted molar refractivity (Wildman–Crippen MR) is 94.9 cm³/mol. The summed E-state index contributed by atoms with van der Waals surface area (Å²) in [6, 6.07) is 9.98. The van der Waals surface area contributed by atoms with Crippen LogP contribution in [0.15, 0.2) is 30.3 Å². The number of carbonyl (C=O) groups excluding carboxylic acids is 2. The van der Waals surface area contributed by atoms with Crippen LogP contribution in [0.5, 0.6) is 0 Å². The molecule has 24 heavy (non-hydrogen) atoms. The molecular weight excluding hydrogens is 302 g/mol. The summed E-state index contributed by atoms with van der Waals surface area (Å²) in [6.45, 7) is 5.73. The van der Waals surface area contributed by atoms with Crippen molar-refractivity contribution in [1.82, 2.24) is 9.80 Å². The second kappa shape index (κ2) is 7.69. The summed E-state index contributed by atoms with van der Waals surface area (Å²) < 4.78 is 0. The first kappa shape index (κ1) is 16.8. The molecule has 0 bridgehead atoms. The first-order valence-electron chi connectivity index (χ1n) is 9.05. The normalized spacial score (nSPS) is 20.7. The molecule has 2 heterocycles. The molecule has 0 N–H and O–H groups in total. The average Bonchev–Trinajstić information content (AvgIpc) is 2.86. The largest absolute Gasteiger partial charge is 0.368 e. The maximum Gasteiger partial charge on any atom is 0.245 e. The van der Waals surface area contributed by atoms with Gasteiger partial charge in [-0.3, -0.25) is 9.59 Å². The fraction of sp³-hybridized carbons (Fsp3) is 0.579. The zero-order chi connectivity index (χ0) is 16.9. The molecule has 2 saturated heterocycles. The van der Waals surface area contributed by atoms with E-state index in [1.165, 1.54) is 5.69 Å². The van der Waals surface area contributed by atoms with Crippen LogP contribution in [0.25, 0.3) is 0 Å². The van der Waals surface area contributed by atoms with Crippen molar-refractivity contribution in [2.45, 2.75) is 38.6 Å². The van der Waals surface area contributed by atoms with E-state index < -0.39 is 0 Å². The van der Waals surface area contributed by atoms with Gasteiger partial charge in [0, 0.05) is 44.8 Å². The molecule has 3 rings (SSSR count). The van der Waals surface area contributed by atoms with Crippen LogP contribution < -0.4 is 4.90 Å². The number of likely N-dealkylation sites (tertiary alicyclic amines) is 1. The lowest BCUT2D eigenvalue weighted by Gasteiger charge is -2.39. The van der Waals surface area contributed by atoms with Gasteiger partial charge < -0.3 is 14.7 Å². The van der Waals surface area contributed by atoms with Crippen molar-refractivity contribution in [1.29, 1.82) is 0 Å².